The Morgan fingerprint density at radius 1 is 0.884 bits per heavy atom. The van der Waals surface area contributed by atoms with Gasteiger partial charge >= 0.3 is 46.8 Å². The predicted octanol–water partition coefficient (Wildman–Crippen LogP) is 3.93. The standard InChI is InChI=1S/C14H15ClF3N3O4S3.C2F6O5S2/c1-9-11(15)4-3-5-12(9)27(22,23)20-13-19-10(8-26-13)6-7-21(2)28(24,25)14(16,17)18;3-1(4,5)14(9,10)13-15(11,12)2(6,7)8/h3-5,8H,6-7H2,1-2H3,(H,19,20);. The molecule has 12 nitrogen and oxygen atoms in total. The Balaban J connectivity index is 0.000000523. The first kappa shape index (κ1) is 39.1. The molecule has 2 rings (SSSR count). The van der Waals surface area contributed by atoms with E-state index in [1.165, 1.54) is 17.5 Å². The van der Waals surface area contributed by atoms with Crippen LogP contribution in [0.1, 0.15) is 11.3 Å². The van der Waals surface area contributed by atoms with Gasteiger partial charge in [-0.25, -0.2) is 21.8 Å². The number of anilines is 1. The lowest BCUT2D eigenvalue weighted by Crippen LogP contribution is -2.39. The lowest BCUT2D eigenvalue weighted by molar-refractivity contribution is -0.0586. The lowest BCUT2D eigenvalue weighted by atomic mass is 10.2. The molecule has 1 N–H and O–H groups in total. The molecule has 0 spiro atoms. The van der Waals surface area contributed by atoms with Crippen LogP contribution in [0.2, 0.25) is 5.02 Å². The van der Waals surface area contributed by atoms with Crippen LogP contribution in [-0.2, 0) is 50.3 Å². The fourth-order valence-corrected chi connectivity index (χ4v) is 7.02. The number of thiazole rings is 1. The molecular formula is C16H15ClF9N3O9S5. The summed E-state index contributed by atoms with van der Waals surface area (Å²) in [7, 11) is -22.3. The van der Waals surface area contributed by atoms with Gasteiger partial charge in [-0.05, 0) is 24.6 Å². The van der Waals surface area contributed by atoms with Gasteiger partial charge in [-0.15, -0.1) is 15.0 Å². The average molecular weight is 760 g/mol. The van der Waals surface area contributed by atoms with Gasteiger partial charge in [0.15, 0.2) is 5.13 Å². The number of rotatable bonds is 9. The van der Waals surface area contributed by atoms with E-state index in [0.29, 0.717) is 5.56 Å². The van der Waals surface area contributed by atoms with Gasteiger partial charge in [-0.3, -0.25) is 4.72 Å². The molecule has 248 valence electrons. The molecule has 43 heavy (non-hydrogen) atoms. The second-order valence-electron chi connectivity index (χ2n) is 7.50. The third-order valence-electron chi connectivity index (χ3n) is 4.41. The van der Waals surface area contributed by atoms with Gasteiger partial charge in [0, 0.05) is 30.4 Å². The summed E-state index contributed by atoms with van der Waals surface area (Å²) in [5, 5.41) is 1.70. The fraction of sp³-hybridized carbons (Fsp3) is 0.438. The van der Waals surface area contributed by atoms with Gasteiger partial charge in [-0.2, -0.15) is 60.7 Å². The van der Waals surface area contributed by atoms with Crippen molar-refractivity contribution in [3.05, 3.63) is 39.9 Å². The van der Waals surface area contributed by atoms with Gasteiger partial charge in [-0.1, -0.05) is 17.7 Å². The molecule has 1 aromatic heterocycles. The highest BCUT2D eigenvalue weighted by Crippen LogP contribution is 2.32. The van der Waals surface area contributed by atoms with Crippen molar-refractivity contribution in [2.24, 2.45) is 0 Å². The number of aromatic nitrogens is 1. The first-order valence-corrected chi connectivity index (χ1v) is 17.0. The molecule has 27 heteroatoms. The van der Waals surface area contributed by atoms with Gasteiger partial charge in [0.2, 0.25) is 0 Å². The molecule has 2 aromatic rings. The quantitative estimate of drug-likeness (QED) is 0.292. The highest BCUT2D eigenvalue weighted by molar-refractivity contribution is 8.00. The highest BCUT2D eigenvalue weighted by Gasteiger charge is 2.57. The summed E-state index contributed by atoms with van der Waals surface area (Å²) in [6.07, 6.45) is -0.125. The third kappa shape index (κ3) is 10.0. The van der Waals surface area contributed by atoms with E-state index in [9.17, 15) is 73.2 Å². The van der Waals surface area contributed by atoms with Crippen LogP contribution < -0.4 is 4.72 Å². The van der Waals surface area contributed by atoms with E-state index in [4.69, 9.17) is 11.6 Å². The van der Waals surface area contributed by atoms with E-state index >= 15 is 0 Å². The normalized spacial score (nSPS) is 13.9. The molecule has 0 aliphatic carbocycles. The minimum Gasteiger partial charge on any atom is -0.255 e. The van der Waals surface area contributed by atoms with E-state index in [1.807, 2.05) is 3.63 Å². The number of sulfonamides is 2. The van der Waals surface area contributed by atoms with Crippen LogP contribution in [0.4, 0.5) is 44.6 Å². The van der Waals surface area contributed by atoms with Crippen molar-refractivity contribution < 1.29 is 76.8 Å². The Kier molecular flexibility index (Phi) is 12.0. The number of benzene rings is 1. The first-order chi connectivity index (χ1) is 19.0. The van der Waals surface area contributed by atoms with Crippen molar-refractivity contribution >= 4 is 68.4 Å². The SMILES string of the molecule is Cc1c(Cl)cccc1S(=O)(=O)Nc1nc(CCN(C)S(=O)(=O)C(F)(F)F)cs1.O=S(=O)(OS(=O)(=O)C(F)(F)F)C(F)(F)F. The maximum atomic E-state index is 12.5. The number of likely N-dealkylation sites (N-methyl/N-ethyl adjacent to an activating group) is 1. The monoisotopic (exact) mass is 759 g/mol. The molecule has 1 aromatic carbocycles. The van der Waals surface area contributed by atoms with E-state index in [-0.39, 0.29) is 31.5 Å². The van der Waals surface area contributed by atoms with Crippen LogP contribution in [0.5, 0.6) is 0 Å². The Morgan fingerprint density at radius 2 is 1.37 bits per heavy atom. The highest BCUT2D eigenvalue weighted by atomic mass is 35.5. The van der Waals surface area contributed by atoms with Gasteiger partial charge in [0.25, 0.3) is 10.0 Å². The number of nitrogens with one attached hydrogen (secondary N) is 1. The fourth-order valence-electron chi connectivity index (χ4n) is 2.28. The summed E-state index contributed by atoms with van der Waals surface area (Å²) in [5.41, 5.74) is -17.3. The maximum absolute atomic E-state index is 12.5. The van der Waals surface area contributed by atoms with E-state index in [2.05, 4.69) is 9.71 Å². The minimum atomic E-state index is -6.85. The molecule has 0 saturated carbocycles. The zero-order valence-corrected chi connectivity index (χ0v) is 25.5. The Hall–Kier alpha value is -1.97. The molecular weight excluding hydrogens is 745 g/mol. The van der Waals surface area contributed by atoms with Crippen molar-refractivity contribution in [1.29, 1.82) is 0 Å². The second kappa shape index (κ2) is 13.2. The van der Waals surface area contributed by atoms with Gasteiger partial charge in [0.1, 0.15) is 0 Å². The molecule has 0 unspecified atom stereocenters. The van der Waals surface area contributed by atoms with E-state index in [1.54, 1.807) is 13.0 Å². The maximum Gasteiger partial charge on any atom is 0.524 e. The number of hydrogen-bond acceptors (Lipinski definition) is 11. The van der Waals surface area contributed by atoms with Gasteiger partial charge in [0.05, 0.1) is 10.6 Å². The van der Waals surface area contributed by atoms with Crippen LogP contribution in [0.15, 0.2) is 28.5 Å². The molecule has 0 atom stereocenters. The Morgan fingerprint density at radius 3 is 1.81 bits per heavy atom. The summed E-state index contributed by atoms with van der Waals surface area (Å²) < 4.78 is 197. The van der Waals surface area contributed by atoms with Crippen molar-refractivity contribution in [1.82, 2.24) is 9.29 Å². The van der Waals surface area contributed by atoms with Gasteiger partial charge < -0.3 is 0 Å². The Bertz CT molecular complexity index is 1700. The number of halogens is 10. The van der Waals surface area contributed by atoms with Crippen LogP contribution in [0, 0.1) is 6.92 Å². The van der Waals surface area contributed by atoms with Crippen LogP contribution in [0.3, 0.4) is 0 Å². The van der Waals surface area contributed by atoms with Crippen LogP contribution >= 0.6 is 22.9 Å². The Labute approximate surface area is 246 Å². The molecule has 0 amide bonds. The largest absolute Gasteiger partial charge is 0.524 e. The predicted molar refractivity (Wildman–Crippen MR) is 131 cm³/mol. The smallest absolute Gasteiger partial charge is 0.255 e. The van der Waals surface area contributed by atoms with Crippen LogP contribution in [-0.4, -0.2) is 73.1 Å². The topological polar surface area (TPSA) is 174 Å². The molecule has 0 bridgehead atoms. The number of alkyl halides is 9. The lowest BCUT2D eigenvalue weighted by Gasteiger charge is -2.18. The third-order valence-corrected chi connectivity index (χ3v) is 11.4. The van der Waals surface area contributed by atoms with E-state index in [0.717, 1.165) is 18.4 Å². The van der Waals surface area contributed by atoms with Crippen LogP contribution in [0.25, 0.3) is 0 Å². The average Bonchev–Trinajstić information content (AvgIpc) is 3.23. The first-order valence-electron chi connectivity index (χ1n) is 10.0. The van der Waals surface area contributed by atoms with Crippen molar-refractivity contribution in [2.45, 2.75) is 34.8 Å². The summed E-state index contributed by atoms with van der Waals surface area (Å²) in [6.45, 7) is 1.08. The zero-order valence-electron chi connectivity index (χ0n) is 20.6. The van der Waals surface area contributed by atoms with Crippen molar-refractivity contribution in [3.8, 4) is 0 Å². The van der Waals surface area contributed by atoms with Crippen molar-refractivity contribution in [3.63, 3.8) is 0 Å². The summed E-state index contributed by atoms with van der Waals surface area (Å²) in [5.74, 6) is 0. The summed E-state index contributed by atoms with van der Waals surface area (Å²) in [4.78, 5) is 3.95. The molecule has 0 aliphatic heterocycles. The summed E-state index contributed by atoms with van der Waals surface area (Å²) in [6, 6.07) is 4.39. The molecule has 0 fully saturated rings. The summed E-state index contributed by atoms with van der Waals surface area (Å²) >= 11 is 6.85. The molecule has 0 radical (unpaired) electrons. The van der Waals surface area contributed by atoms with E-state index < -0.39 is 63.4 Å². The minimum absolute atomic E-state index is 0.00397. The van der Waals surface area contributed by atoms with Crippen molar-refractivity contribution in [2.75, 3.05) is 18.3 Å². The number of nitrogens with zero attached hydrogens (tertiary/aromatic N) is 2. The molecule has 0 saturated heterocycles. The zero-order chi connectivity index (χ0) is 34.0. The number of hydrogen-bond donors (Lipinski definition) is 1. The molecule has 0 aliphatic rings. The molecule has 1 heterocycles. The second-order valence-corrected chi connectivity index (χ2v) is 15.7.